The third-order valence-corrected chi connectivity index (χ3v) is 4.42. The highest BCUT2D eigenvalue weighted by atomic mass is 16.3. The summed E-state index contributed by atoms with van der Waals surface area (Å²) in [4.78, 5) is 26.2. The molecule has 0 aromatic heterocycles. The smallest absolute Gasteiger partial charge is 0.239 e. The zero-order chi connectivity index (χ0) is 15.1. The van der Waals surface area contributed by atoms with E-state index in [0.29, 0.717) is 26.1 Å². The number of hydrogen-bond acceptors (Lipinski definition) is 4. The molecule has 2 aliphatic rings. The van der Waals surface area contributed by atoms with Gasteiger partial charge in [-0.15, -0.1) is 0 Å². The molecule has 6 nitrogen and oxygen atoms in total. The summed E-state index contributed by atoms with van der Waals surface area (Å²) in [5.74, 6) is 0.271. The van der Waals surface area contributed by atoms with Crippen molar-refractivity contribution in [3.63, 3.8) is 0 Å². The van der Waals surface area contributed by atoms with Gasteiger partial charge in [0.2, 0.25) is 11.8 Å². The minimum absolute atomic E-state index is 0.00654. The van der Waals surface area contributed by atoms with Gasteiger partial charge in [0.15, 0.2) is 0 Å². The number of nitrogens with zero attached hydrogens (tertiary/aromatic N) is 1. The maximum absolute atomic E-state index is 12.4. The van der Waals surface area contributed by atoms with Crippen molar-refractivity contribution in [2.24, 2.45) is 5.92 Å². The van der Waals surface area contributed by atoms with Crippen LogP contribution in [0.15, 0.2) is 0 Å². The zero-order valence-electron chi connectivity index (χ0n) is 12.6. The Hall–Kier alpha value is -1.14. The van der Waals surface area contributed by atoms with Gasteiger partial charge in [0.1, 0.15) is 0 Å². The number of amides is 2. The minimum atomic E-state index is -0.0197. The van der Waals surface area contributed by atoms with Gasteiger partial charge in [-0.2, -0.15) is 0 Å². The molecule has 6 heteroatoms. The van der Waals surface area contributed by atoms with Gasteiger partial charge >= 0.3 is 0 Å². The van der Waals surface area contributed by atoms with E-state index in [1.807, 2.05) is 4.90 Å². The standard InChI is InChI=1S/C15H27N3O3/c19-11-3-8-17-14(20)12-5-9-18(10-6-12)15(21)13-4-1-2-7-16-13/h12-13,16,19H,1-11H2,(H,17,20)/t13-/m0/s1. The molecule has 2 fully saturated rings. The van der Waals surface area contributed by atoms with Crippen molar-refractivity contribution in [3.05, 3.63) is 0 Å². The van der Waals surface area contributed by atoms with Crippen LogP contribution in [0.1, 0.15) is 38.5 Å². The lowest BCUT2D eigenvalue weighted by atomic mass is 9.94. The molecular formula is C15H27N3O3. The molecule has 0 aliphatic carbocycles. The van der Waals surface area contributed by atoms with Gasteiger partial charge in [0, 0.05) is 32.2 Å². The van der Waals surface area contributed by atoms with Gasteiger partial charge in [-0.1, -0.05) is 6.42 Å². The molecule has 21 heavy (non-hydrogen) atoms. The Balaban J connectivity index is 1.72. The fraction of sp³-hybridized carbons (Fsp3) is 0.867. The van der Waals surface area contributed by atoms with Crippen molar-refractivity contribution < 1.29 is 14.7 Å². The average molecular weight is 297 g/mol. The summed E-state index contributed by atoms with van der Waals surface area (Å²) >= 11 is 0. The summed E-state index contributed by atoms with van der Waals surface area (Å²) in [6.45, 7) is 2.91. The number of carbonyl (C=O) groups is 2. The van der Waals surface area contributed by atoms with Crippen molar-refractivity contribution in [3.8, 4) is 0 Å². The van der Waals surface area contributed by atoms with Crippen LogP contribution in [0, 0.1) is 5.92 Å². The molecular weight excluding hydrogens is 270 g/mol. The summed E-state index contributed by atoms with van der Waals surface area (Å²) < 4.78 is 0. The number of piperidine rings is 2. The van der Waals surface area contributed by atoms with Crippen LogP contribution in [-0.4, -0.2) is 60.6 Å². The van der Waals surface area contributed by atoms with E-state index < -0.39 is 0 Å². The summed E-state index contributed by atoms with van der Waals surface area (Å²) in [6, 6.07) is -0.0197. The number of aliphatic hydroxyl groups is 1. The summed E-state index contributed by atoms with van der Waals surface area (Å²) in [5, 5.41) is 14.8. The molecule has 3 N–H and O–H groups in total. The van der Waals surface area contributed by atoms with Gasteiger partial charge in [-0.05, 0) is 38.6 Å². The lowest BCUT2D eigenvalue weighted by molar-refractivity contribution is -0.137. The third kappa shape index (κ3) is 4.68. The fourth-order valence-electron chi connectivity index (χ4n) is 3.08. The predicted molar refractivity (Wildman–Crippen MR) is 79.7 cm³/mol. The van der Waals surface area contributed by atoms with E-state index in [0.717, 1.165) is 38.6 Å². The van der Waals surface area contributed by atoms with E-state index in [9.17, 15) is 9.59 Å². The largest absolute Gasteiger partial charge is 0.396 e. The Bertz CT molecular complexity index is 348. The Kier molecular flexibility index (Phi) is 6.45. The first-order chi connectivity index (χ1) is 10.2. The van der Waals surface area contributed by atoms with Crippen molar-refractivity contribution in [1.82, 2.24) is 15.5 Å². The second kappa shape index (κ2) is 8.34. The van der Waals surface area contributed by atoms with Gasteiger partial charge in [0.25, 0.3) is 0 Å². The van der Waals surface area contributed by atoms with Crippen LogP contribution in [0.2, 0.25) is 0 Å². The number of carbonyl (C=O) groups excluding carboxylic acids is 2. The first-order valence-corrected chi connectivity index (χ1v) is 8.13. The topological polar surface area (TPSA) is 81.7 Å². The Morgan fingerprint density at radius 3 is 2.57 bits per heavy atom. The molecule has 0 aromatic carbocycles. The first kappa shape index (κ1) is 16.2. The average Bonchev–Trinajstić information content (AvgIpc) is 2.55. The minimum Gasteiger partial charge on any atom is -0.396 e. The van der Waals surface area contributed by atoms with Gasteiger partial charge in [-0.25, -0.2) is 0 Å². The quantitative estimate of drug-likeness (QED) is 0.617. The van der Waals surface area contributed by atoms with E-state index >= 15 is 0 Å². The fourth-order valence-corrected chi connectivity index (χ4v) is 3.08. The Morgan fingerprint density at radius 1 is 1.19 bits per heavy atom. The molecule has 2 rings (SSSR count). The second-order valence-corrected chi connectivity index (χ2v) is 5.97. The predicted octanol–water partition coefficient (Wildman–Crippen LogP) is -0.134. The van der Waals surface area contributed by atoms with Crippen LogP contribution < -0.4 is 10.6 Å². The number of rotatable bonds is 5. The zero-order valence-corrected chi connectivity index (χ0v) is 12.6. The summed E-state index contributed by atoms with van der Waals surface area (Å²) in [7, 11) is 0. The molecule has 2 amide bonds. The molecule has 120 valence electrons. The molecule has 1 atom stereocenters. The molecule has 0 bridgehead atoms. The molecule has 0 aromatic rings. The van der Waals surface area contributed by atoms with E-state index in [-0.39, 0.29) is 30.4 Å². The van der Waals surface area contributed by atoms with Crippen LogP contribution in [0.4, 0.5) is 0 Å². The first-order valence-electron chi connectivity index (χ1n) is 8.13. The summed E-state index contributed by atoms with van der Waals surface area (Å²) in [6.07, 6.45) is 5.27. The monoisotopic (exact) mass is 297 g/mol. The Morgan fingerprint density at radius 2 is 1.95 bits per heavy atom. The number of nitrogens with one attached hydrogen (secondary N) is 2. The van der Waals surface area contributed by atoms with Gasteiger partial charge in [-0.3, -0.25) is 9.59 Å². The highest BCUT2D eigenvalue weighted by Gasteiger charge is 2.31. The lowest BCUT2D eigenvalue weighted by Gasteiger charge is -2.35. The second-order valence-electron chi connectivity index (χ2n) is 5.97. The maximum Gasteiger partial charge on any atom is 0.239 e. The molecule has 2 heterocycles. The molecule has 2 saturated heterocycles. The highest BCUT2D eigenvalue weighted by molar-refractivity contribution is 5.83. The van der Waals surface area contributed by atoms with E-state index in [4.69, 9.17) is 5.11 Å². The van der Waals surface area contributed by atoms with E-state index in [2.05, 4.69) is 10.6 Å². The molecule has 0 spiro atoms. The lowest BCUT2D eigenvalue weighted by Crippen LogP contribution is -2.51. The van der Waals surface area contributed by atoms with E-state index in [1.165, 1.54) is 0 Å². The molecule has 2 aliphatic heterocycles. The van der Waals surface area contributed by atoms with Crippen molar-refractivity contribution in [2.45, 2.75) is 44.6 Å². The van der Waals surface area contributed by atoms with Crippen molar-refractivity contribution >= 4 is 11.8 Å². The molecule has 0 saturated carbocycles. The van der Waals surface area contributed by atoms with Crippen molar-refractivity contribution in [1.29, 1.82) is 0 Å². The number of hydrogen-bond donors (Lipinski definition) is 3. The SMILES string of the molecule is O=C(NCCCO)C1CCN(C(=O)[C@@H]2CCCCN2)CC1. The van der Waals surface area contributed by atoms with Crippen LogP contribution in [0.25, 0.3) is 0 Å². The van der Waals surface area contributed by atoms with E-state index in [1.54, 1.807) is 0 Å². The highest BCUT2D eigenvalue weighted by Crippen LogP contribution is 2.19. The van der Waals surface area contributed by atoms with Gasteiger partial charge < -0.3 is 20.6 Å². The number of aliphatic hydroxyl groups excluding tert-OH is 1. The normalized spacial score (nSPS) is 23.9. The van der Waals surface area contributed by atoms with Crippen LogP contribution >= 0.6 is 0 Å². The molecule has 0 unspecified atom stereocenters. The molecule has 0 radical (unpaired) electrons. The number of likely N-dealkylation sites (tertiary alicyclic amines) is 1. The van der Waals surface area contributed by atoms with Crippen molar-refractivity contribution in [2.75, 3.05) is 32.8 Å². The Labute approximate surface area is 126 Å². The van der Waals surface area contributed by atoms with Crippen LogP contribution in [0.3, 0.4) is 0 Å². The third-order valence-electron chi connectivity index (χ3n) is 4.42. The maximum atomic E-state index is 12.4. The van der Waals surface area contributed by atoms with Gasteiger partial charge in [0.05, 0.1) is 6.04 Å². The van der Waals surface area contributed by atoms with Crippen LogP contribution in [-0.2, 0) is 9.59 Å². The summed E-state index contributed by atoms with van der Waals surface area (Å²) in [5.41, 5.74) is 0. The van der Waals surface area contributed by atoms with Crippen LogP contribution in [0.5, 0.6) is 0 Å².